The quantitative estimate of drug-likeness (QED) is 0.185. The number of thiophene rings is 2. The summed E-state index contributed by atoms with van der Waals surface area (Å²) in [4.78, 5) is 12.0. The molecular formula is C46H27N3S2. The molecule has 0 radical (unpaired) electrons. The molecule has 0 aliphatic heterocycles. The Balaban J connectivity index is 1.26. The highest BCUT2D eigenvalue weighted by Crippen LogP contribution is 2.45. The summed E-state index contributed by atoms with van der Waals surface area (Å²) in [6.45, 7) is 0. The third kappa shape index (κ3) is 4.42. The van der Waals surface area contributed by atoms with Gasteiger partial charge in [-0.15, -0.1) is 22.7 Å². The molecule has 0 amide bonds. The number of para-hydroxylation sites is 1. The minimum atomic E-state index is 0.681. The molecule has 11 rings (SSSR count). The van der Waals surface area contributed by atoms with Crippen LogP contribution in [0, 0.1) is 0 Å². The van der Waals surface area contributed by atoms with Crippen LogP contribution in [0.1, 0.15) is 0 Å². The van der Waals surface area contributed by atoms with E-state index in [1.165, 1.54) is 52.2 Å². The summed E-state index contributed by atoms with van der Waals surface area (Å²) in [5.41, 5.74) is 8.88. The zero-order valence-corrected chi connectivity index (χ0v) is 28.9. The molecule has 4 heterocycles. The lowest BCUT2D eigenvalue weighted by atomic mass is 9.94. The van der Waals surface area contributed by atoms with Crippen LogP contribution in [0.25, 0.3) is 102 Å². The largest absolute Gasteiger partial charge is 0.278 e. The molecule has 0 bridgehead atoms. The predicted molar refractivity (Wildman–Crippen MR) is 218 cm³/mol. The SMILES string of the molecule is c1ccc(-c2cc(-c3ccccc3)cc(-c3nc(-n4c5ccccc5c5c6c(ccc54)sc4ccccc46)nc4sc5ccccc5c34)c2)cc1. The highest BCUT2D eigenvalue weighted by atomic mass is 32.1. The molecule has 51 heavy (non-hydrogen) atoms. The lowest BCUT2D eigenvalue weighted by molar-refractivity contribution is 1.02. The van der Waals surface area contributed by atoms with Crippen molar-refractivity contribution in [3.05, 3.63) is 164 Å². The number of aromatic nitrogens is 3. The third-order valence-corrected chi connectivity index (χ3v) is 12.2. The van der Waals surface area contributed by atoms with Crippen molar-refractivity contribution in [2.45, 2.75) is 0 Å². The Morgan fingerprint density at radius 1 is 0.373 bits per heavy atom. The molecule has 0 atom stereocenters. The van der Waals surface area contributed by atoms with Gasteiger partial charge < -0.3 is 0 Å². The summed E-state index contributed by atoms with van der Waals surface area (Å²) in [5, 5.41) is 7.32. The first-order valence-electron chi connectivity index (χ1n) is 17.1. The maximum absolute atomic E-state index is 5.60. The molecule has 11 aromatic rings. The highest BCUT2D eigenvalue weighted by molar-refractivity contribution is 7.26. The van der Waals surface area contributed by atoms with Crippen LogP contribution in [0.2, 0.25) is 0 Å². The van der Waals surface area contributed by atoms with Crippen molar-refractivity contribution in [1.29, 1.82) is 0 Å². The number of hydrogen-bond donors (Lipinski definition) is 0. The fourth-order valence-electron chi connectivity index (χ4n) is 7.77. The lowest BCUT2D eigenvalue weighted by Crippen LogP contribution is -2.02. The normalized spacial score (nSPS) is 11.9. The topological polar surface area (TPSA) is 30.7 Å². The van der Waals surface area contributed by atoms with Gasteiger partial charge in [-0.25, -0.2) is 9.97 Å². The molecule has 0 saturated carbocycles. The summed E-state index contributed by atoms with van der Waals surface area (Å²) in [6.07, 6.45) is 0. The first-order valence-corrected chi connectivity index (χ1v) is 18.7. The Labute approximate surface area is 301 Å². The molecule has 238 valence electrons. The maximum atomic E-state index is 5.60. The van der Waals surface area contributed by atoms with Gasteiger partial charge in [0.15, 0.2) is 0 Å². The maximum Gasteiger partial charge on any atom is 0.236 e. The molecule has 4 aromatic heterocycles. The first kappa shape index (κ1) is 28.7. The van der Waals surface area contributed by atoms with Crippen LogP contribution in [0.15, 0.2) is 164 Å². The average Bonchev–Trinajstić information content (AvgIpc) is 3.87. The zero-order valence-electron chi connectivity index (χ0n) is 27.2. The van der Waals surface area contributed by atoms with Crippen LogP contribution in [0.3, 0.4) is 0 Å². The van der Waals surface area contributed by atoms with E-state index in [4.69, 9.17) is 9.97 Å². The van der Waals surface area contributed by atoms with Gasteiger partial charge >= 0.3 is 0 Å². The van der Waals surface area contributed by atoms with Gasteiger partial charge in [0.1, 0.15) is 4.83 Å². The first-order chi connectivity index (χ1) is 25.3. The minimum Gasteiger partial charge on any atom is -0.278 e. The number of hydrogen-bond acceptors (Lipinski definition) is 4. The van der Waals surface area contributed by atoms with E-state index in [-0.39, 0.29) is 0 Å². The predicted octanol–water partition coefficient (Wildman–Crippen LogP) is 13.3. The third-order valence-electron chi connectivity index (χ3n) is 10.0. The number of benzene rings is 7. The van der Waals surface area contributed by atoms with E-state index in [0.717, 1.165) is 43.6 Å². The van der Waals surface area contributed by atoms with Crippen molar-refractivity contribution in [2.75, 3.05) is 0 Å². The Kier molecular flexibility index (Phi) is 6.29. The lowest BCUT2D eigenvalue weighted by Gasteiger charge is -2.14. The van der Waals surface area contributed by atoms with E-state index in [0.29, 0.717) is 5.95 Å². The smallest absolute Gasteiger partial charge is 0.236 e. The molecule has 0 aliphatic rings. The van der Waals surface area contributed by atoms with Crippen LogP contribution >= 0.6 is 22.7 Å². The van der Waals surface area contributed by atoms with E-state index in [1.807, 2.05) is 11.3 Å². The van der Waals surface area contributed by atoms with Crippen molar-refractivity contribution in [2.24, 2.45) is 0 Å². The molecule has 0 fully saturated rings. The zero-order chi connectivity index (χ0) is 33.5. The van der Waals surface area contributed by atoms with Gasteiger partial charge in [0.05, 0.1) is 16.7 Å². The molecule has 3 nitrogen and oxygen atoms in total. The van der Waals surface area contributed by atoms with Gasteiger partial charge in [0.25, 0.3) is 0 Å². The van der Waals surface area contributed by atoms with Gasteiger partial charge in [0.2, 0.25) is 5.95 Å². The van der Waals surface area contributed by atoms with E-state index >= 15 is 0 Å². The van der Waals surface area contributed by atoms with E-state index in [1.54, 1.807) is 11.3 Å². The Hall–Kier alpha value is -6.14. The van der Waals surface area contributed by atoms with Gasteiger partial charge in [-0.1, -0.05) is 115 Å². The van der Waals surface area contributed by atoms with Gasteiger partial charge in [-0.05, 0) is 70.8 Å². The Morgan fingerprint density at radius 2 is 0.941 bits per heavy atom. The Morgan fingerprint density at radius 3 is 1.65 bits per heavy atom. The van der Waals surface area contributed by atoms with Crippen LogP contribution < -0.4 is 0 Å². The molecule has 0 saturated heterocycles. The van der Waals surface area contributed by atoms with Crippen LogP contribution in [0.4, 0.5) is 0 Å². The summed E-state index contributed by atoms with van der Waals surface area (Å²) in [5.74, 6) is 0.681. The van der Waals surface area contributed by atoms with E-state index < -0.39 is 0 Å². The monoisotopic (exact) mass is 685 g/mol. The number of rotatable bonds is 4. The van der Waals surface area contributed by atoms with E-state index in [9.17, 15) is 0 Å². The van der Waals surface area contributed by atoms with Crippen LogP contribution in [-0.4, -0.2) is 14.5 Å². The van der Waals surface area contributed by atoms with Crippen molar-refractivity contribution >= 4 is 85.0 Å². The summed E-state index contributed by atoms with van der Waals surface area (Å²) < 4.78 is 6.08. The average molecular weight is 686 g/mol. The van der Waals surface area contributed by atoms with Gasteiger partial charge in [-0.2, -0.15) is 0 Å². The van der Waals surface area contributed by atoms with Crippen LogP contribution in [-0.2, 0) is 0 Å². The molecule has 0 spiro atoms. The van der Waals surface area contributed by atoms with Crippen LogP contribution in [0.5, 0.6) is 0 Å². The summed E-state index contributed by atoms with van der Waals surface area (Å²) in [7, 11) is 0. The van der Waals surface area contributed by atoms with Crippen molar-refractivity contribution in [3.8, 4) is 39.5 Å². The molecular weight excluding hydrogens is 659 g/mol. The van der Waals surface area contributed by atoms with Gasteiger partial charge in [0, 0.05) is 52.0 Å². The van der Waals surface area contributed by atoms with E-state index in [2.05, 4.69) is 168 Å². The second-order valence-corrected chi connectivity index (χ2v) is 15.1. The van der Waals surface area contributed by atoms with Gasteiger partial charge in [-0.3, -0.25) is 4.57 Å². The Bertz CT molecular complexity index is 3080. The number of nitrogens with zero attached hydrogens (tertiary/aromatic N) is 3. The van der Waals surface area contributed by atoms with Crippen molar-refractivity contribution in [3.63, 3.8) is 0 Å². The second kappa shape index (κ2) is 11.2. The second-order valence-electron chi connectivity index (χ2n) is 13.0. The molecule has 0 unspecified atom stereocenters. The minimum absolute atomic E-state index is 0.681. The fraction of sp³-hybridized carbons (Fsp3) is 0. The summed E-state index contributed by atoms with van der Waals surface area (Å²) >= 11 is 3.59. The number of fused-ring (bicyclic) bond motifs is 10. The molecule has 5 heteroatoms. The van der Waals surface area contributed by atoms with Crippen molar-refractivity contribution in [1.82, 2.24) is 14.5 Å². The summed E-state index contributed by atoms with van der Waals surface area (Å²) in [6, 6.07) is 58.8. The van der Waals surface area contributed by atoms with Crippen molar-refractivity contribution < 1.29 is 0 Å². The highest BCUT2D eigenvalue weighted by Gasteiger charge is 2.22. The standard InChI is InChI=1S/C46H27N3S2/c1-3-13-28(14-4-1)30-25-31(29-15-5-2-6-16-29)27-32(26-30)44-43-35-19-9-12-22-39(35)51-45(43)48-46(47-44)49-36-20-10-7-17-33(36)41-37(49)23-24-40-42(41)34-18-8-11-21-38(34)50-40/h1-27H. The molecule has 0 aliphatic carbocycles. The molecule has 0 N–H and O–H groups in total. The fourth-order valence-corrected chi connectivity index (χ4v) is 9.95. The molecule has 7 aromatic carbocycles.